The van der Waals surface area contributed by atoms with E-state index in [0.29, 0.717) is 5.92 Å². The minimum Gasteiger partial charge on any atom is -0.345 e. The normalized spacial score (nSPS) is 16.9. The van der Waals surface area contributed by atoms with Crippen LogP contribution < -0.4 is 5.32 Å². The van der Waals surface area contributed by atoms with E-state index >= 15 is 0 Å². The maximum Gasteiger partial charge on any atom is 0.110 e. The Kier molecular flexibility index (Phi) is 3.42. The highest BCUT2D eigenvalue weighted by Crippen LogP contribution is 2.23. The molecule has 0 radical (unpaired) electrons. The monoisotopic (exact) mass is 241 g/mol. The lowest BCUT2D eigenvalue weighted by Gasteiger charge is -2.21. The highest BCUT2D eigenvalue weighted by molar-refractivity contribution is 5.20. The van der Waals surface area contributed by atoms with Gasteiger partial charge in [0.2, 0.25) is 0 Å². The first-order chi connectivity index (χ1) is 8.92. The molecule has 94 valence electrons. The number of nitrogens with one attached hydrogen (secondary N) is 2. The van der Waals surface area contributed by atoms with Crippen LogP contribution in [0, 0.1) is 0 Å². The van der Waals surface area contributed by atoms with Crippen molar-refractivity contribution in [2.45, 2.75) is 25.2 Å². The van der Waals surface area contributed by atoms with Crippen molar-refractivity contribution in [1.82, 2.24) is 15.3 Å². The second kappa shape index (κ2) is 5.36. The summed E-state index contributed by atoms with van der Waals surface area (Å²) in [6.07, 6.45) is 5.35. The van der Waals surface area contributed by atoms with Crippen molar-refractivity contribution in [2.24, 2.45) is 0 Å². The molecule has 0 unspecified atom stereocenters. The number of hydrogen-bond acceptors (Lipinski definition) is 2. The number of aromatic nitrogens is 2. The second-order valence-corrected chi connectivity index (χ2v) is 4.97. The molecule has 1 aromatic carbocycles. The van der Waals surface area contributed by atoms with E-state index in [9.17, 15) is 0 Å². The number of aromatic amines is 1. The molecule has 0 saturated carbocycles. The number of nitrogens with zero attached hydrogens (tertiary/aromatic N) is 1. The molecule has 0 atom stereocenters. The lowest BCUT2D eigenvalue weighted by molar-refractivity contribution is 0.454. The topological polar surface area (TPSA) is 40.7 Å². The molecule has 0 bridgehead atoms. The van der Waals surface area contributed by atoms with Crippen LogP contribution >= 0.6 is 0 Å². The van der Waals surface area contributed by atoms with Crippen LogP contribution in [0.1, 0.15) is 35.8 Å². The standard InChI is InChI=1S/C15H19N3/c1-2-4-12(5-3-1)10-15-17-11-14(18-15)13-6-8-16-9-7-13/h1-5,11,13,16H,6-10H2,(H,17,18). The molecule has 3 nitrogen and oxygen atoms in total. The van der Waals surface area contributed by atoms with Gasteiger partial charge in [0.05, 0.1) is 0 Å². The highest BCUT2D eigenvalue weighted by Gasteiger charge is 2.17. The quantitative estimate of drug-likeness (QED) is 0.866. The minimum absolute atomic E-state index is 0.656. The summed E-state index contributed by atoms with van der Waals surface area (Å²) >= 11 is 0. The Balaban J connectivity index is 1.69. The fourth-order valence-electron chi connectivity index (χ4n) is 2.60. The van der Waals surface area contributed by atoms with E-state index in [2.05, 4.69) is 39.6 Å². The van der Waals surface area contributed by atoms with Gasteiger partial charge in [-0.25, -0.2) is 4.98 Å². The Hall–Kier alpha value is -1.61. The summed E-state index contributed by atoms with van der Waals surface area (Å²) in [4.78, 5) is 8.00. The van der Waals surface area contributed by atoms with Gasteiger partial charge in [-0.15, -0.1) is 0 Å². The number of piperidine rings is 1. The predicted octanol–water partition coefficient (Wildman–Crippen LogP) is 2.47. The molecule has 2 aromatic rings. The summed E-state index contributed by atoms with van der Waals surface area (Å²) in [5.41, 5.74) is 2.62. The van der Waals surface area contributed by atoms with Gasteiger partial charge in [-0.2, -0.15) is 0 Å². The molecule has 0 spiro atoms. The fourth-order valence-corrected chi connectivity index (χ4v) is 2.60. The number of imidazole rings is 1. The van der Waals surface area contributed by atoms with Crippen molar-refractivity contribution in [3.8, 4) is 0 Å². The van der Waals surface area contributed by atoms with E-state index in [-0.39, 0.29) is 0 Å². The fraction of sp³-hybridized carbons (Fsp3) is 0.400. The van der Waals surface area contributed by atoms with Crippen molar-refractivity contribution in [2.75, 3.05) is 13.1 Å². The zero-order valence-electron chi connectivity index (χ0n) is 10.5. The van der Waals surface area contributed by atoms with E-state index < -0.39 is 0 Å². The van der Waals surface area contributed by atoms with Crippen LogP contribution in [0.4, 0.5) is 0 Å². The third-order valence-corrected chi connectivity index (χ3v) is 3.64. The van der Waals surface area contributed by atoms with E-state index in [0.717, 1.165) is 25.3 Å². The Morgan fingerprint density at radius 3 is 2.67 bits per heavy atom. The maximum absolute atomic E-state index is 4.51. The van der Waals surface area contributed by atoms with Gasteiger partial charge in [0.25, 0.3) is 0 Å². The van der Waals surface area contributed by atoms with E-state index in [1.807, 2.05) is 12.3 Å². The first-order valence-electron chi connectivity index (χ1n) is 6.70. The van der Waals surface area contributed by atoms with Gasteiger partial charge in [-0.1, -0.05) is 30.3 Å². The Labute approximate surface area is 108 Å². The van der Waals surface area contributed by atoms with Crippen molar-refractivity contribution in [3.63, 3.8) is 0 Å². The summed E-state index contributed by atoms with van der Waals surface area (Å²) in [5, 5.41) is 3.40. The number of benzene rings is 1. The first kappa shape index (κ1) is 11.5. The molecule has 0 amide bonds. The van der Waals surface area contributed by atoms with E-state index in [4.69, 9.17) is 0 Å². The number of hydrogen-bond donors (Lipinski definition) is 2. The molecule has 1 aromatic heterocycles. The minimum atomic E-state index is 0.656. The summed E-state index contributed by atoms with van der Waals surface area (Å²) in [6.45, 7) is 2.25. The van der Waals surface area contributed by atoms with Gasteiger partial charge < -0.3 is 10.3 Å². The zero-order valence-corrected chi connectivity index (χ0v) is 10.5. The van der Waals surface area contributed by atoms with E-state index in [1.54, 1.807) is 0 Å². The lowest BCUT2D eigenvalue weighted by atomic mass is 9.95. The third kappa shape index (κ3) is 2.62. The zero-order chi connectivity index (χ0) is 12.2. The molecular formula is C15H19N3. The smallest absolute Gasteiger partial charge is 0.110 e. The summed E-state index contributed by atoms with van der Waals surface area (Å²) < 4.78 is 0. The van der Waals surface area contributed by atoms with Gasteiger partial charge in [0.1, 0.15) is 5.82 Å². The molecule has 2 N–H and O–H groups in total. The summed E-state index contributed by atoms with van der Waals surface area (Å²) in [5.74, 6) is 1.73. The molecule has 1 fully saturated rings. The maximum atomic E-state index is 4.51. The Bertz CT molecular complexity index is 483. The summed E-state index contributed by atoms with van der Waals surface area (Å²) in [7, 11) is 0. The van der Waals surface area contributed by atoms with Crippen molar-refractivity contribution in [3.05, 3.63) is 53.6 Å². The molecular weight excluding hydrogens is 222 g/mol. The molecule has 2 heterocycles. The van der Waals surface area contributed by atoms with Crippen LogP contribution in [0.2, 0.25) is 0 Å². The van der Waals surface area contributed by atoms with Gasteiger partial charge in [0.15, 0.2) is 0 Å². The van der Waals surface area contributed by atoms with Crippen molar-refractivity contribution < 1.29 is 0 Å². The second-order valence-electron chi connectivity index (χ2n) is 4.97. The first-order valence-corrected chi connectivity index (χ1v) is 6.70. The molecule has 0 aliphatic carbocycles. The number of H-pyrrole nitrogens is 1. The SMILES string of the molecule is c1ccc(Cc2ncc(C3CCNCC3)[nH]2)cc1. The van der Waals surface area contributed by atoms with Gasteiger partial charge >= 0.3 is 0 Å². The Morgan fingerprint density at radius 1 is 1.11 bits per heavy atom. The van der Waals surface area contributed by atoms with Crippen LogP contribution in [0.3, 0.4) is 0 Å². The van der Waals surface area contributed by atoms with Crippen molar-refractivity contribution >= 4 is 0 Å². The molecule has 3 heteroatoms. The average Bonchev–Trinajstić information content (AvgIpc) is 2.89. The Morgan fingerprint density at radius 2 is 1.89 bits per heavy atom. The predicted molar refractivity (Wildman–Crippen MR) is 72.7 cm³/mol. The van der Waals surface area contributed by atoms with Crippen LogP contribution in [0.25, 0.3) is 0 Å². The van der Waals surface area contributed by atoms with Gasteiger partial charge in [-0.3, -0.25) is 0 Å². The van der Waals surface area contributed by atoms with Crippen LogP contribution in [0.15, 0.2) is 36.5 Å². The van der Waals surface area contributed by atoms with Crippen molar-refractivity contribution in [1.29, 1.82) is 0 Å². The molecule has 1 aliphatic rings. The highest BCUT2D eigenvalue weighted by atomic mass is 14.9. The van der Waals surface area contributed by atoms with Crippen LogP contribution in [-0.2, 0) is 6.42 Å². The number of rotatable bonds is 3. The van der Waals surface area contributed by atoms with Gasteiger partial charge in [0, 0.05) is 24.2 Å². The molecule has 1 aliphatic heterocycles. The summed E-state index contributed by atoms with van der Waals surface area (Å²) in [6, 6.07) is 10.5. The third-order valence-electron chi connectivity index (χ3n) is 3.64. The largest absolute Gasteiger partial charge is 0.345 e. The van der Waals surface area contributed by atoms with Crippen LogP contribution in [0.5, 0.6) is 0 Å². The van der Waals surface area contributed by atoms with Gasteiger partial charge in [-0.05, 0) is 31.5 Å². The molecule has 1 saturated heterocycles. The average molecular weight is 241 g/mol. The molecule has 3 rings (SSSR count). The van der Waals surface area contributed by atoms with E-state index in [1.165, 1.54) is 24.1 Å². The van der Waals surface area contributed by atoms with Crippen LogP contribution in [-0.4, -0.2) is 23.1 Å². The molecule has 18 heavy (non-hydrogen) atoms. The lowest BCUT2D eigenvalue weighted by Crippen LogP contribution is -2.26.